The molecule has 0 aromatic carbocycles. The summed E-state index contributed by atoms with van der Waals surface area (Å²) in [6.45, 7) is 5.26. The summed E-state index contributed by atoms with van der Waals surface area (Å²) in [5.74, 6) is 2.15. The number of hydrogen-bond donors (Lipinski definition) is 1. The lowest BCUT2D eigenvalue weighted by Gasteiger charge is -2.20. The van der Waals surface area contributed by atoms with E-state index in [4.69, 9.17) is 4.42 Å². The van der Waals surface area contributed by atoms with Crippen LogP contribution in [0.3, 0.4) is 0 Å². The largest absolute Gasteiger partial charge is 0.463 e. The zero-order valence-corrected chi connectivity index (χ0v) is 11.0. The number of furan rings is 1. The van der Waals surface area contributed by atoms with Gasteiger partial charge in [-0.05, 0) is 45.0 Å². The molecule has 0 saturated heterocycles. The van der Waals surface area contributed by atoms with E-state index in [1.165, 1.54) is 32.2 Å². The minimum absolute atomic E-state index is 0.818. The van der Waals surface area contributed by atoms with Crippen LogP contribution in [0.4, 0.5) is 0 Å². The number of nitrogens with zero attached hydrogens (tertiary/aromatic N) is 1. The molecule has 1 heterocycles. The summed E-state index contributed by atoms with van der Waals surface area (Å²) < 4.78 is 5.81. The average molecular weight is 236 g/mol. The van der Waals surface area contributed by atoms with Crippen LogP contribution in [0.2, 0.25) is 0 Å². The van der Waals surface area contributed by atoms with Gasteiger partial charge in [-0.2, -0.15) is 0 Å². The Bertz CT molecular complexity index is 331. The lowest BCUT2D eigenvalue weighted by Crippen LogP contribution is -2.26. The fraction of sp³-hybridized carbons (Fsp3) is 0.714. The molecule has 1 aromatic heterocycles. The molecule has 3 heteroatoms. The van der Waals surface area contributed by atoms with Gasteiger partial charge in [-0.25, -0.2) is 0 Å². The van der Waals surface area contributed by atoms with Gasteiger partial charge in [0.25, 0.3) is 0 Å². The Balaban J connectivity index is 1.87. The van der Waals surface area contributed by atoms with E-state index in [1.54, 1.807) is 0 Å². The molecule has 96 valence electrons. The van der Waals surface area contributed by atoms with E-state index < -0.39 is 0 Å². The number of hydrogen-bond acceptors (Lipinski definition) is 3. The van der Waals surface area contributed by atoms with Crippen molar-refractivity contribution in [3.63, 3.8) is 0 Å². The fourth-order valence-corrected chi connectivity index (χ4v) is 2.17. The molecule has 0 amide bonds. The van der Waals surface area contributed by atoms with Crippen molar-refractivity contribution in [1.29, 1.82) is 0 Å². The Morgan fingerprint density at radius 1 is 1.35 bits per heavy atom. The van der Waals surface area contributed by atoms with Crippen LogP contribution in [0.15, 0.2) is 16.5 Å². The Hall–Kier alpha value is -0.800. The Labute approximate surface area is 104 Å². The zero-order chi connectivity index (χ0) is 12.1. The Morgan fingerprint density at radius 3 is 2.76 bits per heavy atom. The van der Waals surface area contributed by atoms with Crippen molar-refractivity contribution in [2.45, 2.75) is 51.7 Å². The summed E-state index contributed by atoms with van der Waals surface area (Å²) in [6, 6.07) is 5.02. The second-order valence-corrected chi connectivity index (χ2v) is 4.95. The van der Waals surface area contributed by atoms with E-state index in [-0.39, 0.29) is 0 Å². The molecule has 1 N–H and O–H groups in total. The van der Waals surface area contributed by atoms with Gasteiger partial charge in [-0.1, -0.05) is 13.3 Å². The van der Waals surface area contributed by atoms with Crippen molar-refractivity contribution in [3.05, 3.63) is 23.7 Å². The van der Waals surface area contributed by atoms with Crippen molar-refractivity contribution in [2.75, 3.05) is 13.6 Å². The molecule has 0 aliphatic heterocycles. The van der Waals surface area contributed by atoms with Crippen LogP contribution in [0.5, 0.6) is 0 Å². The van der Waals surface area contributed by atoms with Crippen LogP contribution in [0, 0.1) is 0 Å². The average Bonchev–Trinajstić information content (AvgIpc) is 3.08. The smallest absolute Gasteiger partial charge is 0.118 e. The third-order valence-corrected chi connectivity index (χ3v) is 3.29. The number of unbranched alkanes of at least 4 members (excludes halogenated alkanes) is 1. The van der Waals surface area contributed by atoms with Gasteiger partial charge < -0.3 is 9.73 Å². The summed E-state index contributed by atoms with van der Waals surface area (Å²) >= 11 is 0. The van der Waals surface area contributed by atoms with Crippen LogP contribution in [0.25, 0.3) is 0 Å². The summed E-state index contributed by atoms with van der Waals surface area (Å²) in [6.07, 6.45) is 5.30. The maximum absolute atomic E-state index is 5.81. The highest BCUT2D eigenvalue weighted by Crippen LogP contribution is 2.28. The molecule has 1 aliphatic carbocycles. The quantitative estimate of drug-likeness (QED) is 0.752. The Morgan fingerprint density at radius 2 is 2.12 bits per heavy atom. The van der Waals surface area contributed by atoms with E-state index in [9.17, 15) is 0 Å². The highest BCUT2D eigenvalue weighted by atomic mass is 16.3. The predicted octanol–water partition coefficient (Wildman–Crippen LogP) is 2.76. The molecule has 1 aliphatic rings. The standard InChI is InChI=1S/C14H24N2O/c1-3-4-9-16(12-5-6-12)11-14-8-7-13(17-14)10-15-2/h7-8,12,15H,3-6,9-11H2,1-2H3. The molecule has 0 spiro atoms. The van der Waals surface area contributed by atoms with Crippen LogP contribution >= 0.6 is 0 Å². The fourth-order valence-electron chi connectivity index (χ4n) is 2.17. The summed E-state index contributed by atoms with van der Waals surface area (Å²) in [7, 11) is 1.94. The summed E-state index contributed by atoms with van der Waals surface area (Å²) in [5.41, 5.74) is 0. The van der Waals surface area contributed by atoms with Crippen molar-refractivity contribution >= 4 is 0 Å². The first-order valence-electron chi connectivity index (χ1n) is 6.79. The third kappa shape index (κ3) is 3.86. The molecular formula is C14H24N2O. The molecular weight excluding hydrogens is 212 g/mol. The topological polar surface area (TPSA) is 28.4 Å². The minimum atomic E-state index is 0.818. The third-order valence-electron chi connectivity index (χ3n) is 3.29. The van der Waals surface area contributed by atoms with Crippen LogP contribution in [-0.2, 0) is 13.1 Å². The maximum atomic E-state index is 5.81. The zero-order valence-electron chi connectivity index (χ0n) is 11.0. The summed E-state index contributed by atoms with van der Waals surface area (Å²) in [4.78, 5) is 2.57. The molecule has 2 rings (SSSR count). The maximum Gasteiger partial charge on any atom is 0.118 e. The van der Waals surface area contributed by atoms with Crippen LogP contribution < -0.4 is 5.32 Å². The molecule has 0 unspecified atom stereocenters. The molecule has 0 bridgehead atoms. The van der Waals surface area contributed by atoms with Crippen molar-refractivity contribution < 1.29 is 4.42 Å². The summed E-state index contributed by atoms with van der Waals surface area (Å²) in [5, 5.41) is 3.11. The first kappa shape index (κ1) is 12.7. The lowest BCUT2D eigenvalue weighted by molar-refractivity contribution is 0.228. The van der Waals surface area contributed by atoms with Crippen molar-refractivity contribution in [3.8, 4) is 0 Å². The number of rotatable bonds is 8. The highest BCUT2D eigenvalue weighted by Gasteiger charge is 2.28. The molecule has 17 heavy (non-hydrogen) atoms. The normalized spacial score (nSPS) is 15.7. The van der Waals surface area contributed by atoms with E-state index in [2.05, 4.69) is 29.3 Å². The van der Waals surface area contributed by atoms with Gasteiger partial charge in [0.05, 0.1) is 13.1 Å². The van der Waals surface area contributed by atoms with E-state index in [0.29, 0.717) is 0 Å². The first-order valence-corrected chi connectivity index (χ1v) is 6.79. The van der Waals surface area contributed by atoms with Crippen molar-refractivity contribution in [1.82, 2.24) is 10.2 Å². The van der Waals surface area contributed by atoms with Gasteiger partial charge in [-0.3, -0.25) is 4.90 Å². The molecule has 1 fully saturated rings. The monoisotopic (exact) mass is 236 g/mol. The van der Waals surface area contributed by atoms with Gasteiger partial charge in [-0.15, -0.1) is 0 Å². The predicted molar refractivity (Wildman–Crippen MR) is 69.8 cm³/mol. The molecule has 1 saturated carbocycles. The van der Waals surface area contributed by atoms with Gasteiger partial charge in [0, 0.05) is 6.04 Å². The second-order valence-electron chi connectivity index (χ2n) is 4.95. The molecule has 1 aromatic rings. The minimum Gasteiger partial charge on any atom is -0.463 e. The first-order chi connectivity index (χ1) is 8.33. The van der Waals surface area contributed by atoms with Crippen LogP contribution in [-0.4, -0.2) is 24.5 Å². The van der Waals surface area contributed by atoms with E-state index in [1.807, 2.05) is 7.05 Å². The van der Waals surface area contributed by atoms with Gasteiger partial charge >= 0.3 is 0 Å². The highest BCUT2D eigenvalue weighted by molar-refractivity contribution is 5.07. The van der Waals surface area contributed by atoms with E-state index >= 15 is 0 Å². The molecule has 0 atom stereocenters. The number of nitrogens with one attached hydrogen (secondary N) is 1. The van der Waals surface area contributed by atoms with Gasteiger partial charge in [0.1, 0.15) is 11.5 Å². The van der Waals surface area contributed by atoms with Crippen LogP contribution in [0.1, 0.15) is 44.1 Å². The molecule has 3 nitrogen and oxygen atoms in total. The van der Waals surface area contributed by atoms with E-state index in [0.717, 1.165) is 30.7 Å². The second kappa shape index (κ2) is 6.22. The van der Waals surface area contributed by atoms with Gasteiger partial charge in [0.2, 0.25) is 0 Å². The lowest BCUT2D eigenvalue weighted by atomic mass is 10.3. The van der Waals surface area contributed by atoms with Crippen molar-refractivity contribution in [2.24, 2.45) is 0 Å². The van der Waals surface area contributed by atoms with Gasteiger partial charge in [0.15, 0.2) is 0 Å². The Kier molecular flexibility index (Phi) is 4.63. The molecule has 0 radical (unpaired) electrons. The SMILES string of the molecule is CCCCN(Cc1ccc(CNC)o1)C1CC1.